The van der Waals surface area contributed by atoms with E-state index in [2.05, 4.69) is 10.5 Å². The van der Waals surface area contributed by atoms with E-state index in [9.17, 15) is 9.50 Å². The number of nitrogens with zero attached hydrogens (tertiary/aromatic N) is 2. The highest BCUT2D eigenvalue weighted by Gasteiger charge is 2.35. The summed E-state index contributed by atoms with van der Waals surface area (Å²) in [5.41, 5.74) is 0.587. The Morgan fingerprint density at radius 3 is 2.76 bits per heavy atom. The number of hydrogen-bond donors (Lipinski definition) is 2. The van der Waals surface area contributed by atoms with Crippen molar-refractivity contribution < 1.29 is 18.8 Å². The molecular formula is C18H24FN3O3. The highest BCUT2D eigenvalue weighted by Crippen LogP contribution is 2.30. The Kier molecular flexibility index (Phi) is 4.96. The van der Waals surface area contributed by atoms with Crippen molar-refractivity contribution in [1.82, 2.24) is 5.16 Å². The van der Waals surface area contributed by atoms with E-state index in [1.165, 1.54) is 12.1 Å². The van der Waals surface area contributed by atoms with Crippen molar-refractivity contribution in [1.29, 1.82) is 0 Å². The van der Waals surface area contributed by atoms with Crippen LogP contribution >= 0.6 is 0 Å². The Bertz CT molecular complexity index is 702. The van der Waals surface area contributed by atoms with Crippen LogP contribution < -0.4 is 10.2 Å². The van der Waals surface area contributed by atoms with Crippen molar-refractivity contribution in [2.45, 2.75) is 38.0 Å². The lowest BCUT2D eigenvalue weighted by Gasteiger charge is -2.45. The molecule has 0 spiro atoms. The van der Waals surface area contributed by atoms with Gasteiger partial charge in [0.15, 0.2) is 5.82 Å². The molecule has 6 nitrogen and oxygen atoms in total. The molecule has 7 heteroatoms. The van der Waals surface area contributed by atoms with Gasteiger partial charge in [-0.15, -0.1) is 0 Å². The highest BCUT2D eigenvalue weighted by atomic mass is 19.1. The fourth-order valence-corrected chi connectivity index (χ4v) is 3.03. The van der Waals surface area contributed by atoms with Crippen LogP contribution in [0, 0.1) is 5.82 Å². The number of anilines is 2. The third kappa shape index (κ3) is 3.77. The zero-order valence-electron chi connectivity index (χ0n) is 14.7. The molecule has 2 unspecified atom stereocenters. The lowest BCUT2D eigenvalue weighted by Crippen LogP contribution is -2.56. The Morgan fingerprint density at radius 1 is 1.44 bits per heavy atom. The molecule has 1 aliphatic rings. The average Bonchev–Trinajstić information content (AvgIpc) is 2.97. The molecule has 0 aliphatic carbocycles. The quantitative estimate of drug-likeness (QED) is 0.749. The first-order valence-corrected chi connectivity index (χ1v) is 8.33. The van der Waals surface area contributed by atoms with Crippen LogP contribution in [-0.2, 0) is 10.2 Å². The van der Waals surface area contributed by atoms with E-state index in [1.807, 2.05) is 18.7 Å². The summed E-state index contributed by atoms with van der Waals surface area (Å²) >= 11 is 0. The molecule has 0 amide bonds. The second kappa shape index (κ2) is 7.01. The molecule has 0 saturated carbocycles. The van der Waals surface area contributed by atoms with Crippen LogP contribution in [-0.4, -0.2) is 42.8 Å². The van der Waals surface area contributed by atoms with E-state index in [0.717, 1.165) is 18.7 Å². The van der Waals surface area contributed by atoms with Gasteiger partial charge in [-0.25, -0.2) is 4.39 Å². The molecule has 1 fully saturated rings. The fourth-order valence-electron chi connectivity index (χ4n) is 3.03. The van der Waals surface area contributed by atoms with Crippen LogP contribution in [0.15, 0.2) is 34.9 Å². The lowest BCUT2D eigenvalue weighted by atomic mass is 9.91. The molecule has 2 heterocycles. The second-order valence-electron chi connectivity index (χ2n) is 7.01. The first kappa shape index (κ1) is 17.7. The van der Waals surface area contributed by atoms with Gasteiger partial charge < -0.3 is 24.6 Å². The number of benzene rings is 1. The van der Waals surface area contributed by atoms with Gasteiger partial charge >= 0.3 is 0 Å². The molecule has 25 heavy (non-hydrogen) atoms. The smallest absolute Gasteiger partial charge is 0.171 e. The number of aliphatic hydroxyl groups excluding tert-OH is 1. The molecule has 1 aromatic heterocycles. The topological polar surface area (TPSA) is 70.8 Å². The van der Waals surface area contributed by atoms with Crippen molar-refractivity contribution in [2.75, 3.05) is 30.5 Å². The number of nitrogens with one attached hydrogen (secondary N) is 1. The molecule has 136 valence electrons. The monoisotopic (exact) mass is 349 g/mol. The third-order valence-electron chi connectivity index (χ3n) is 4.57. The van der Waals surface area contributed by atoms with Crippen molar-refractivity contribution in [3.63, 3.8) is 0 Å². The number of rotatable bonds is 7. The Hall–Kier alpha value is -2.12. The Morgan fingerprint density at radius 2 is 2.16 bits per heavy atom. The zero-order valence-corrected chi connectivity index (χ0v) is 14.7. The third-order valence-corrected chi connectivity index (χ3v) is 4.57. The van der Waals surface area contributed by atoms with E-state index in [4.69, 9.17) is 9.26 Å². The minimum Gasteiger partial charge on any atom is -0.384 e. The summed E-state index contributed by atoms with van der Waals surface area (Å²) in [6.45, 7) is 5.32. The minimum atomic E-state index is -0.803. The Labute approximate surface area is 146 Å². The molecule has 1 aliphatic heterocycles. The average molecular weight is 349 g/mol. The van der Waals surface area contributed by atoms with Crippen LogP contribution in [0.2, 0.25) is 0 Å². The first-order valence-electron chi connectivity index (χ1n) is 8.33. The summed E-state index contributed by atoms with van der Waals surface area (Å²) in [4.78, 5) is 2.03. The predicted molar refractivity (Wildman–Crippen MR) is 93.2 cm³/mol. The summed E-state index contributed by atoms with van der Waals surface area (Å²) in [5.74, 6) is 0.902. The van der Waals surface area contributed by atoms with Crippen LogP contribution in [0.25, 0.3) is 0 Å². The lowest BCUT2D eigenvalue weighted by molar-refractivity contribution is 0.129. The van der Waals surface area contributed by atoms with Gasteiger partial charge in [-0.3, -0.25) is 0 Å². The van der Waals surface area contributed by atoms with E-state index < -0.39 is 6.23 Å². The van der Waals surface area contributed by atoms with Crippen LogP contribution in [0.3, 0.4) is 0 Å². The SMILES string of the molecule is COCC(C)(C)c1cc(NC(O)C2CCN2c2ccc(F)cc2)no1. The normalized spacial score (nSPS) is 18.8. The van der Waals surface area contributed by atoms with Gasteiger partial charge in [-0.1, -0.05) is 19.0 Å². The standard InChI is InChI=1S/C18H24FN3O3/c1-18(2,11-24-3)15-10-16(21-25-15)20-17(23)14-8-9-22(14)13-6-4-12(19)5-7-13/h4-7,10,14,17,23H,8-9,11H2,1-3H3,(H,20,21). The number of halogens is 1. The van der Waals surface area contributed by atoms with E-state index >= 15 is 0 Å². The molecule has 2 N–H and O–H groups in total. The number of ether oxygens (including phenoxy) is 1. The summed E-state index contributed by atoms with van der Waals surface area (Å²) < 4.78 is 23.6. The second-order valence-corrected chi connectivity index (χ2v) is 7.01. The van der Waals surface area contributed by atoms with Gasteiger partial charge in [0.1, 0.15) is 17.8 Å². The molecule has 0 bridgehead atoms. The maximum atomic E-state index is 13.1. The van der Waals surface area contributed by atoms with Gasteiger partial charge in [0, 0.05) is 30.8 Å². The van der Waals surface area contributed by atoms with Crippen LogP contribution in [0.4, 0.5) is 15.9 Å². The van der Waals surface area contributed by atoms with E-state index in [0.29, 0.717) is 18.2 Å². The van der Waals surface area contributed by atoms with Gasteiger partial charge in [0.25, 0.3) is 0 Å². The summed E-state index contributed by atoms with van der Waals surface area (Å²) in [5, 5.41) is 17.5. The Balaban J connectivity index is 1.63. The summed E-state index contributed by atoms with van der Waals surface area (Å²) in [6, 6.07) is 7.96. The van der Waals surface area contributed by atoms with Gasteiger partial charge in [0.05, 0.1) is 12.6 Å². The zero-order chi connectivity index (χ0) is 18.0. The summed E-state index contributed by atoms with van der Waals surface area (Å²) in [7, 11) is 1.64. The maximum Gasteiger partial charge on any atom is 0.171 e. The molecular weight excluding hydrogens is 325 g/mol. The maximum absolute atomic E-state index is 13.1. The number of aromatic nitrogens is 1. The van der Waals surface area contributed by atoms with Crippen molar-refractivity contribution in [2.24, 2.45) is 0 Å². The summed E-state index contributed by atoms with van der Waals surface area (Å²) in [6.07, 6.45) is 0.0353. The van der Waals surface area contributed by atoms with Crippen molar-refractivity contribution in [3.8, 4) is 0 Å². The van der Waals surface area contributed by atoms with E-state index in [-0.39, 0.29) is 17.3 Å². The molecule has 2 atom stereocenters. The molecule has 1 aromatic carbocycles. The van der Waals surface area contributed by atoms with Crippen LogP contribution in [0.1, 0.15) is 26.0 Å². The minimum absolute atomic E-state index is 0.0994. The first-order chi connectivity index (χ1) is 11.9. The van der Waals surface area contributed by atoms with Crippen LogP contribution in [0.5, 0.6) is 0 Å². The van der Waals surface area contributed by atoms with E-state index in [1.54, 1.807) is 25.3 Å². The molecule has 3 rings (SSSR count). The van der Waals surface area contributed by atoms with Gasteiger partial charge in [-0.05, 0) is 30.7 Å². The molecule has 1 saturated heterocycles. The fraction of sp³-hybridized carbons (Fsp3) is 0.500. The number of aliphatic hydroxyl groups is 1. The van der Waals surface area contributed by atoms with Gasteiger partial charge in [0.2, 0.25) is 0 Å². The predicted octanol–water partition coefficient (Wildman–Crippen LogP) is 2.75. The van der Waals surface area contributed by atoms with Crippen molar-refractivity contribution >= 4 is 11.5 Å². The number of hydrogen-bond acceptors (Lipinski definition) is 6. The largest absolute Gasteiger partial charge is 0.384 e. The van der Waals surface area contributed by atoms with Gasteiger partial charge in [-0.2, -0.15) is 0 Å². The number of methoxy groups -OCH3 is 1. The van der Waals surface area contributed by atoms with Crippen molar-refractivity contribution in [3.05, 3.63) is 41.9 Å². The molecule has 2 aromatic rings. The highest BCUT2D eigenvalue weighted by molar-refractivity contribution is 5.51. The molecule has 0 radical (unpaired) electrons.